The summed E-state index contributed by atoms with van der Waals surface area (Å²) in [6, 6.07) is 16.9. The van der Waals surface area contributed by atoms with Crippen molar-refractivity contribution in [3.63, 3.8) is 0 Å². The molecular weight excluding hydrogens is 314 g/mol. The summed E-state index contributed by atoms with van der Waals surface area (Å²) >= 11 is 3.59. The Labute approximate surface area is 129 Å². The highest BCUT2D eigenvalue weighted by atomic mass is 79.9. The largest absolute Gasteiger partial charge is 0.494 e. The molecule has 1 atom stereocenters. The van der Waals surface area contributed by atoms with Crippen molar-refractivity contribution in [2.24, 2.45) is 0 Å². The van der Waals surface area contributed by atoms with Crippen LogP contribution in [0.3, 0.4) is 0 Å². The summed E-state index contributed by atoms with van der Waals surface area (Å²) in [6.45, 7) is 5.72. The highest BCUT2D eigenvalue weighted by Crippen LogP contribution is 2.23. The molecule has 0 aliphatic rings. The molecule has 1 N–H and O–H groups in total. The lowest BCUT2D eigenvalue weighted by atomic mass is 10.1. The van der Waals surface area contributed by atoms with Crippen LogP contribution in [0.25, 0.3) is 0 Å². The first kappa shape index (κ1) is 15.1. The van der Waals surface area contributed by atoms with Crippen LogP contribution in [0.15, 0.2) is 53.0 Å². The Morgan fingerprint density at radius 1 is 1.10 bits per heavy atom. The summed E-state index contributed by atoms with van der Waals surface area (Å²) in [5.41, 5.74) is 2.53. The molecule has 0 bridgehead atoms. The molecule has 0 heterocycles. The van der Waals surface area contributed by atoms with E-state index in [9.17, 15) is 0 Å². The summed E-state index contributed by atoms with van der Waals surface area (Å²) in [4.78, 5) is 0. The van der Waals surface area contributed by atoms with Crippen molar-refractivity contribution in [2.45, 2.75) is 26.4 Å². The van der Waals surface area contributed by atoms with Gasteiger partial charge in [-0.25, -0.2) is 0 Å². The third kappa shape index (κ3) is 4.09. The van der Waals surface area contributed by atoms with Gasteiger partial charge in [0.05, 0.1) is 6.61 Å². The van der Waals surface area contributed by atoms with Crippen molar-refractivity contribution in [2.75, 3.05) is 6.61 Å². The lowest BCUT2D eigenvalue weighted by molar-refractivity contribution is 0.340. The van der Waals surface area contributed by atoms with Gasteiger partial charge in [-0.1, -0.05) is 46.3 Å². The van der Waals surface area contributed by atoms with Crippen molar-refractivity contribution in [1.29, 1.82) is 0 Å². The van der Waals surface area contributed by atoms with Gasteiger partial charge in [0.1, 0.15) is 5.75 Å². The summed E-state index contributed by atoms with van der Waals surface area (Å²) < 4.78 is 6.59. The van der Waals surface area contributed by atoms with Crippen LogP contribution < -0.4 is 10.1 Å². The summed E-state index contributed by atoms with van der Waals surface area (Å²) in [6.07, 6.45) is 0. The Balaban J connectivity index is 1.93. The van der Waals surface area contributed by atoms with Crippen LogP contribution in [-0.2, 0) is 6.54 Å². The molecule has 0 spiro atoms. The number of hydrogen-bond donors (Lipinski definition) is 1. The van der Waals surface area contributed by atoms with Gasteiger partial charge in [-0.05, 0) is 43.2 Å². The van der Waals surface area contributed by atoms with Gasteiger partial charge in [-0.2, -0.15) is 0 Å². The lowest BCUT2D eigenvalue weighted by Crippen LogP contribution is -2.18. The monoisotopic (exact) mass is 333 g/mol. The van der Waals surface area contributed by atoms with Crippen LogP contribution in [0, 0.1) is 0 Å². The minimum absolute atomic E-state index is 0.303. The number of halogens is 1. The Hall–Kier alpha value is -1.32. The maximum absolute atomic E-state index is 5.44. The van der Waals surface area contributed by atoms with E-state index in [0.717, 1.165) is 16.8 Å². The molecule has 0 saturated carbocycles. The molecule has 0 unspecified atom stereocenters. The zero-order valence-electron chi connectivity index (χ0n) is 11.9. The van der Waals surface area contributed by atoms with Crippen molar-refractivity contribution >= 4 is 15.9 Å². The molecule has 3 heteroatoms. The molecular formula is C17H20BrNO. The number of benzene rings is 2. The molecule has 2 aromatic carbocycles. The van der Waals surface area contributed by atoms with Crippen LogP contribution in [0.1, 0.15) is 31.0 Å². The van der Waals surface area contributed by atoms with E-state index in [1.54, 1.807) is 0 Å². The van der Waals surface area contributed by atoms with Crippen molar-refractivity contribution in [3.8, 4) is 5.75 Å². The smallest absolute Gasteiger partial charge is 0.119 e. The van der Waals surface area contributed by atoms with Gasteiger partial charge < -0.3 is 10.1 Å². The summed E-state index contributed by atoms with van der Waals surface area (Å²) in [5, 5.41) is 3.54. The summed E-state index contributed by atoms with van der Waals surface area (Å²) in [7, 11) is 0. The van der Waals surface area contributed by atoms with Crippen LogP contribution >= 0.6 is 15.9 Å². The first-order valence-corrected chi connectivity index (χ1v) is 7.69. The van der Waals surface area contributed by atoms with Crippen molar-refractivity contribution in [1.82, 2.24) is 5.32 Å². The zero-order valence-corrected chi connectivity index (χ0v) is 13.5. The second-order valence-electron chi connectivity index (χ2n) is 4.70. The number of hydrogen-bond acceptors (Lipinski definition) is 2. The second kappa shape index (κ2) is 7.46. The van der Waals surface area contributed by atoms with Gasteiger partial charge in [0.25, 0.3) is 0 Å². The Morgan fingerprint density at radius 2 is 1.80 bits per heavy atom. The topological polar surface area (TPSA) is 21.3 Å². The van der Waals surface area contributed by atoms with E-state index in [-0.39, 0.29) is 0 Å². The predicted molar refractivity (Wildman–Crippen MR) is 87.0 cm³/mol. The average Bonchev–Trinajstić information content (AvgIpc) is 2.47. The maximum Gasteiger partial charge on any atom is 0.119 e. The van der Waals surface area contributed by atoms with Gasteiger partial charge >= 0.3 is 0 Å². The molecule has 0 aromatic heterocycles. The van der Waals surface area contributed by atoms with Gasteiger partial charge in [0.15, 0.2) is 0 Å². The quantitative estimate of drug-likeness (QED) is 0.827. The molecule has 2 nitrogen and oxygen atoms in total. The first-order valence-electron chi connectivity index (χ1n) is 6.90. The minimum Gasteiger partial charge on any atom is -0.494 e. The highest BCUT2D eigenvalue weighted by molar-refractivity contribution is 9.10. The first-order chi connectivity index (χ1) is 9.70. The highest BCUT2D eigenvalue weighted by Gasteiger charge is 2.07. The summed E-state index contributed by atoms with van der Waals surface area (Å²) in [5.74, 6) is 0.926. The molecule has 2 rings (SSSR count). The van der Waals surface area contributed by atoms with E-state index in [1.807, 2.05) is 25.1 Å². The molecule has 0 saturated heterocycles. The third-order valence-corrected chi connectivity index (χ3v) is 3.94. The van der Waals surface area contributed by atoms with E-state index < -0.39 is 0 Å². The fourth-order valence-electron chi connectivity index (χ4n) is 2.08. The van der Waals surface area contributed by atoms with Crippen LogP contribution in [0.5, 0.6) is 5.75 Å². The van der Waals surface area contributed by atoms with E-state index in [4.69, 9.17) is 4.74 Å². The second-order valence-corrected chi connectivity index (χ2v) is 5.56. The molecule has 0 aliphatic carbocycles. The fraction of sp³-hybridized carbons (Fsp3) is 0.294. The molecule has 106 valence electrons. The van der Waals surface area contributed by atoms with Crippen molar-refractivity contribution in [3.05, 3.63) is 64.1 Å². The lowest BCUT2D eigenvalue weighted by Gasteiger charge is -2.16. The Bertz CT molecular complexity index is 539. The average molecular weight is 334 g/mol. The third-order valence-electron chi connectivity index (χ3n) is 3.22. The Morgan fingerprint density at radius 3 is 2.45 bits per heavy atom. The van der Waals surface area contributed by atoms with Crippen LogP contribution in [0.2, 0.25) is 0 Å². The fourth-order valence-corrected chi connectivity index (χ4v) is 2.71. The number of rotatable bonds is 6. The zero-order chi connectivity index (χ0) is 14.4. The van der Waals surface area contributed by atoms with Crippen LogP contribution in [-0.4, -0.2) is 6.61 Å². The van der Waals surface area contributed by atoms with E-state index in [2.05, 4.69) is 58.5 Å². The number of nitrogens with one attached hydrogen (secondary N) is 1. The van der Waals surface area contributed by atoms with Gasteiger partial charge in [0, 0.05) is 17.1 Å². The van der Waals surface area contributed by atoms with Crippen molar-refractivity contribution < 1.29 is 4.74 Å². The molecule has 0 radical (unpaired) electrons. The number of ether oxygens (including phenoxy) is 1. The molecule has 0 amide bonds. The van der Waals surface area contributed by atoms with E-state index in [1.165, 1.54) is 11.1 Å². The van der Waals surface area contributed by atoms with Gasteiger partial charge in [-0.3, -0.25) is 0 Å². The van der Waals surface area contributed by atoms with Gasteiger partial charge in [0.2, 0.25) is 0 Å². The molecule has 0 aliphatic heterocycles. The maximum atomic E-state index is 5.44. The van der Waals surface area contributed by atoms with E-state index in [0.29, 0.717) is 12.6 Å². The standard InChI is InChI=1S/C17H20BrNO/c1-3-20-15-10-8-14(9-11-15)12-19-13(2)16-6-4-5-7-17(16)18/h4-11,13,19H,3,12H2,1-2H3/t13-/m0/s1. The SMILES string of the molecule is CCOc1ccc(CN[C@@H](C)c2ccccc2Br)cc1. The van der Waals surface area contributed by atoms with Crippen LogP contribution in [0.4, 0.5) is 0 Å². The molecule has 2 aromatic rings. The normalized spacial score (nSPS) is 12.2. The van der Waals surface area contributed by atoms with Gasteiger partial charge in [-0.15, -0.1) is 0 Å². The molecule has 0 fully saturated rings. The predicted octanol–water partition coefficient (Wildman–Crippen LogP) is 4.70. The molecule has 20 heavy (non-hydrogen) atoms. The van der Waals surface area contributed by atoms with E-state index >= 15 is 0 Å². The Kier molecular flexibility index (Phi) is 5.62. The minimum atomic E-state index is 0.303.